The first kappa shape index (κ1) is 15.4. The van der Waals surface area contributed by atoms with Crippen LogP contribution in [-0.4, -0.2) is 18.0 Å². The van der Waals surface area contributed by atoms with Crippen LogP contribution in [0.3, 0.4) is 0 Å². The van der Waals surface area contributed by atoms with E-state index in [1.807, 2.05) is 36.0 Å². The standard InChI is InChI=1S/C18H21NO2S/c1-21-15-6-7-18-16(10-15)17(8-9-22-18)19-11-13-4-2-3-5-14(13)12-20/h2-7,10,17,19-20H,8-9,11-12H2,1H3/t17-/m0/s1. The number of methoxy groups -OCH3 is 1. The molecule has 1 heterocycles. The number of thioether (sulfide) groups is 1. The van der Waals surface area contributed by atoms with Gasteiger partial charge in [-0.15, -0.1) is 11.8 Å². The normalized spacial score (nSPS) is 17.1. The van der Waals surface area contributed by atoms with E-state index in [2.05, 4.69) is 23.5 Å². The van der Waals surface area contributed by atoms with E-state index >= 15 is 0 Å². The van der Waals surface area contributed by atoms with Gasteiger partial charge in [0.1, 0.15) is 5.75 Å². The summed E-state index contributed by atoms with van der Waals surface area (Å²) >= 11 is 1.91. The molecule has 3 nitrogen and oxygen atoms in total. The monoisotopic (exact) mass is 315 g/mol. The Balaban J connectivity index is 1.77. The van der Waals surface area contributed by atoms with Crippen LogP contribution >= 0.6 is 11.8 Å². The van der Waals surface area contributed by atoms with E-state index in [1.165, 1.54) is 10.5 Å². The Morgan fingerprint density at radius 3 is 2.82 bits per heavy atom. The molecular weight excluding hydrogens is 294 g/mol. The Bertz CT molecular complexity index is 645. The van der Waals surface area contributed by atoms with Crippen molar-refractivity contribution in [1.29, 1.82) is 0 Å². The summed E-state index contributed by atoms with van der Waals surface area (Å²) < 4.78 is 5.36. The number of hydrogen-bond donors (Lipinski definition) is 2. The van der Waals surface area contributed by atoms with Crippen molar-refractivity contribution in [3.8, 4) is 5.75 Å². The van der Waals surface area contributed by atoms with Crippen LogP contribution in [0.2, 0.25) is 0 Å². The number of fused-ring (bicyclic) bond motifs is 1. The number of nitrogens with one attached hydrogen (secondary N) is 1. The molecule has 1 aliphatic heterocycles. The predicted octanol–water partition coefficient (Wildman–Crippen LogP) is 3.51. The van der Waals surface area contributed by atoms with E-state index in [9.17, 15) is 5.11 Å². The third-order valence-corrected chi connectivity index (χ3v) is 5.21. The topological polar surface area (TPSA) is 41.5 Å². The number of hydrogen-bond acceptors (Lipinski definition) is 4. The minimum Gasteiger partial charge on any atom is -0.497 e. The molecule has 2 N–H and O–H groups in total. The van der Waals surface area contributed by atoms with E-state index in [0.717, 1.165) is 35.6 Å². The zero-order valence-electron chi connectivity index (χ0n) is 12.7. The molecule has 0 saturated carbocycles. The number of benzene rings is 2. The third-order valence-electron chi connectivity index (χ3n) is 4.08. The van der Waals surface area contributed by atoms with Gasteiger partial charge in [0.25, 0.3) is 0 Å². The van der Waals surface area contributed by atoms with E-state index in [4.69, 9.17) is 4.74 Å². The van der Waals surface area contributed by atoms with Crippen LogP contribution in [-0.2, 0) is 13.2 Å². The summed E-state index contributed by atoms with van der Waals surface area (Å²) in [6.07, 6.45) is 1.10. The van der Waals surface area contributed by atoms with Gasteiger partial charge < -0.3 is 15.2 Å². The Morgan fingerprint density at radius 2 is 2.05 bits per heavy atom. The second-order valence-electron chi connectivity index (χ2n) is 5.40. The number of aliphatic hydroxyl groups is 1. The van der Waals surface area contributed by atoms with Gasteiger partial charge in [-0.1, -0.05) is 24.3 Å². The quantitative estimate of drug-likeness (QED) is 0.886. The second-order valence-corrected chi connectivity index (χ2v) is 6.54. The molecule has 0 amide bonds. The van der Waals surface area contributed by atoms with E-state index < -0.39 is 0 Å². The molecule has 1 aliphatic rings. The van der Waals surface area contributed by atoms with Crippen LogP contribution < -0.4 is 10.1 Å². The summed E-state index contributed by atoms with van der Waals surface area (Å²) in [7, 11) is 1.71. The van der Waals surface area contributed by atoms with Crippen molar-refractivity contribution in [3.63, 3.8) is 0 Å². The van der Waals surface area contributed by atoms with Crippen molar-refractivity contribution < 1.29 is 9.84 Å². The number of ether oxygens (including phenoxy) is 1. The average Bonchev–Trinajstić information content (AvgIpc) is 2.59. The molecule has 0 fully saturated rings. The van der Waals surface area contributed by atoms with Crippen molar-refractivity contribution in [1.82, 2.24) is 5.32 Å². The summed E-state index contributed by atoms with van der Waals surface area (Å²) in [6.45, 7) is 0.853. The first-order chi connectivity index (χ1) is 10.8. The van der Waals surface area contributed by atoms with Gasteiger partial charge in [0.15, 0.2) is 0 Å². The summed E-state index contributed by atoms with van der Waals surface area (Å²) in [6, 6.07) is 14.7. The largest absolute Gasteiger partial charge is 0.497 e. The van der Waals surface area contributed by atoms with Gasteiger partial charge >= 0.3 is 0 Å². The average molecular weight is 315 g/mol. The smallest absolute Gasteiger partial charge is 0.119 e. The highest BCUT2D eigenvalue weighted by atomic mass is 32.2. The molecule has 0 saturated heterocycles. The fourth-order valence-electron chi connectivity index (χ4n) is 2.83. The zero-order chi connectivity index (χ0) is 15.4. The Labute approximate surface area is 135 Å². The van der Waals surface area contributed by atoms with Crippen molar-refractivity contribution >= 4 is 11.8 Å². The summed E-state index contributed by atoms with van der Waals surface area (Å²) in [4.78, 5) is 1.33. The van der Waals surface area contributed by atoms with Crippen LogP contribution in [0.1, 0.15) is 29.2 Å². The third kappa shape index (κ3) is 3.29. The van der Waals surface area contributed by atoms with Gasteiger partial charge in [-0.3, -0.25) is 0 Å². The van der Waals surface area contributed by atoms with Gasteiger partial charge in [-0.05, 0) is 47.1 Å². The van der Waals surface area contributed by atoms with Crippen molar-refractivity contribution in [3.05, 3.63) is 59.2 Å². The fraction of sp³-hybridized carbons (Fsp3) is 0.333. The van der Waals surface area contributed by atoms with Crippen molar-refractivity contribution in [2.75, 3.05) is 12.9 Å². The molecule has 0 bridgehead atoms. The molecule has 0 aromatic heterocycles. The van der Waals surface area contributed by atoms with E-state index in [1.54, 1.807) is 7.11 Å². The molecule has 1 atom stereocenters. The lowest BCUT2D eigenvalue weighted by atomic mass is 10.0. The Hall–Kier alpha value is -1.49. The van der Waals surface area contributed by atoms with Gasteiger partial charge in [0.2, 0.25) is 0 Å². The summed E-state index contributed by atoms with van der Waals surface area (Å²) in [5, 5.41) is 13.1. The first-order valence-corrected chi connectivity index (χ1v) is 8.52. The second kappa shape index (κ2) is 7.18. The Morgan fingerprint density at radius 1 is 1.23 bits per heavy atom. The molecule has 116 valence electrons. The molecule has 0 radical (unpaired) electrons. The molecule has 0 aliphatic carbocycles. The van der Waals surface area contributed by atoms with Crippen LogP contribution in [0.15, 0.2) is 47.4 Å². The Kier molecular flexibility index (Phi) is 5.03. The van der Waals surface area contributed by atoms with E-state index in [-0.39, 0.29) is 6.61 Å². The summed E-state index contributed by atoms with van der Waals surface area (Å²) in [5.41, 5.74) is 3.47. The SMILES string of the molecule is COc1ccc2c(c1)[C@@H](NCc1ccccc1CO)CCS2. The minimum atomic E-state index is 0.0861. The lowest BCUT2D eigenvalue weighted by molar-refractivity contribution is 0.280. The maximum Gasteiger partial charge on any atom is 0.119 e. The van der Waals surface area contributed by atoms with Gasteiger partial charge in [0.05, 0.1) is 13.7 Å². The molecule has 2 aromatic rings. The van der Waals surface area contributed by atoms with Crippen molar-refractivity contribution in [2.24, 2.45) is 0 Å². The lowest BCUT2D eigenvalue weighted by Crippen LogP contribution is -2.24. The highest BCUT2D eigenvalue weighted by molar-refractivity contribution is 7.99. The van der Waals surface area contributed by atoms with Gasteiger partial charge in [-0.25, -0.2) is 0 Å². The molecule has 22 heavy (non-hydrogen) atoms. The summed E-state index contributed by atoms with van der Waals surface area (Å²) in [5.74, 6) is 2.03. The maximum atomic E-state index is 9.43. The maximum absolute atomic E-state index is 9.43. The molecule has 4 heteroatoms. The first-order valence-electron chi connectivity index (χ1n) is 7.53. The fourth-order valence-corrected chi connectivity index (χ4v) is 3.93. The predicted molar refractivity (Wildman–Crippen MR) is 90.3 cm³/mol. The highest BCUT2D eigenvalue weighted by Gasteiger charge is 2.21. The van der Waals surface area contributed by atoms with Crippen molar-refractivity contribution in [2.45, 2.75) is 30.5 Å². The van der Waals surface area contributed by atoms with Crippen LogP contribution in [0.25, 0.3) is 0 Å². The van der Waals surface area contributed by atoms with Gasteiger partial charge in [-0.2, -0.15) is 0 Å². The molecular formula is C18H21NO2S. The molecule has 2 aromatic carbocycles. The molecule has 0 unspecified atom stereocenters. The number of aliphatic hydroxyl groups excluding tert-OH is 1. The lowest BCUT2D eigenvalue weighted by Gasteiger charge is -2.27. The van der Waals surface area contributed by atoms with E-state index in [0.29, 0.717) is 6.04 Å². The van der Waals surface area contributed by atoms with Crippen LogP contribution in [0.5, 0.6) is 5.75 Å². The van der Waals surface area contributed by atoms with Gasteiger partial charge in [0, 0.05) is 17.5 Å². The highest BCUT2D eigenvalue weighted by Crippen LogP contribution is 2.38. The number of rotatable bonds is 5. The molecule has 3 rings (SSSR count). The van der Waals surface area contributed by atoms with Crippen LogP contribution in [0.4, 0.5) is 0 Å². The zero-order valence-corrected chi connectivity index (χ0v) is 13.5. The minimum absolute atomic E-state index is 0.0861. The van der Waals surface area contributed by atoms with Crippen LogP contribution in [0, 0.1) is 0 Å². The molecule has 0 spiro atoms.